The SMILES string of the molecule is C[N+](C)(C)CCCNC(=O)CCCc1ccc(N([13CH2][13CH2]Cl)[13CH2][13CH2]Cl)cc1. The van der Waals surface area contributed by atoms with E-state index in [9.17, 15) is 4.79 Å². The summed E-state index contributed by atoms with van der Waals surface area (Å²) in [5, 5.41) is 3.01. The molecule has 4 nitrogen and oxygen atoms in total. The van der Waals surface area contributed by atoms with Crippen molar-refractivity contribution in [2.24, 2.45) is 0 Å². The number of benzene rings is 1. The van der Waals surface area contributed by atoms with Crippen LogP contribution < -0.4 is 10.2 Å². The van der Waals surface area contributed by atoms with Crippen molar-refractivity contribution in [2.45, 2.75) is 25.7 Å². The minimum atomic E-state index is 0.151. The van der Waals surface area contributed by atoms with Crippen LogP contribution in [0.5, 0.6) is 0 Å². The van der Waals surface area contributed by atoms with E-state index in [1.165, 1.54) is 5.56 Å². The van der Waals surface area contributed by atoms with Crippen molar-refractivity contribution in [2.75, 3.05) is 64.0 Å². The van der Waals surface area contributed by atoms with Gasteiger partial charge in [-0.15, -0.1) is 23.2 Å². The summed E-state index contributed by atoms with van der Waals surface area (Å²) in [6.45, 7) is 3.42. The maximum absolute atomic E-state index is 11.9. The van der Waals surface area contributed by atoms with Gasteiger partial charge in [-0.25, -0.2) is 0 Å². The van der Waals surface area contributed by atoms with Crippen LogP contribution in [-0.2, 0) is 11.2 Å². The van der Waals surface area contributed by atoms with Crippen LogP contribution in [0.4, 0.5) is 5.69 Å². The third kappa shape index (κ3) is 10.2. The second-order valence-electron chi connectivity index (χ2n) is 7.60. The van der Waals surface area contributed by atoms with E-state index in [1.54, 1.807) is 0 Å². The molecule has 1 aromatic carbocycles. The van der Waals surface area contributed by atoms with Crippen molar-refractivity contribution < 1.29 is 9.28 Å². The molecule has 6 heteroatoms. The Morgan fingerprint density at radius 3 is 2.19 bits per heavy atom. The van der Waals surface area contributed by atoms with Gasteiger partial charge in [-0.2, -0.15) is 0 Å². The Hall–Kier alpha value is -0.970. The molecule has 0 heterocycles. The molecule has 1 amide bonds. The predicted molar refractivity (Wildman–Crippen MR) is 114 cm³/mol. The van der Waals surface area contributed by atoms with Gasteiger partial charge >= 0.3 is 0 Å². The van der Waals surface area contributed by atoms with Crippen molar-refractivity contribution in [3.05, 3.63) is 29.8 Å². The number of quaternary nitrogens is 1. The van der Waals surface area contributed by atoms with E-state index < -0.39 is 0 Å². The molecular weight excluding hydrogens is 373 g/mol. The van der Waals surface area contributed by atoms with Gasteiger partial charge in [0, 0.05) is 49.9 Å². The van der Waals surface area contributed by atoms with Crippen molar-refractivity contribution in [1.82, 2.24) is 5.32 Å². The smallest absolute Gasteiger partial charge is 0.220 e. The van der Waals surface area contributed by atoms with E-state index in [0.717, 1.165) is 55.6 Å². The normalized spacial score (nSPS) is 11.4. The number of nitrogens with zero attached hydrogens (tertiary/aromatic N) is 2. The highest BCUT2D eigenvalue weighted by atomic mass is 35.5. The van der Waals surface area contributed by atoms with Gasteiger partial charge in [-0.3, -0.25) is 4.79 Å². The van der Waals surface area contributed by atoms with Crippen molar-refractivity contribution in [3.63, 3.8) is 0 Å². The van der Waals surface area contributed by atoms with Crippen molar-refractivity contribution in [3.8, 4) is 0 Å². The van der Waals surface area contributed by atoms with Gasteiger partial charge in [0.05, 0.1) is 27.7 Å². The van der Waals surface area contributed by atoms with E-state index in [1.807, 2.05) is 0 Å². The summed E-state index contributed by atoms with van der Waals surface area (Å²) in [7, 11) is 6.49. The van der Waals surface area contributed by atoms with Crippen LogP contribution in [0, 0.1) is 0 Å². The number of amides is 1. The molecule has 0 spiro atoms. The van der Waals surface area contributed by atoms with Gasteiger partial charge in [0.2, 0.25) is 5.91 Å². The number of halogens is 2. The molecule has 0 aromatic heterocycles. The molecular formula is C20H34Cl2N3O+. The lowest BCUT2D eigenvalue weighted by Gasteiger charge is -2.23. The van der Waals surface area contributed by atoms with Crippen molar-refractivity contribution in [1.29, 1.82) is 0 Å². The molecule has 0 aliphatic rings. The van der Waals surface area contributed by atoms with Gasteiger partial charge in [0.15, 0.2) is 0 Å². The largest absolute Gasteiger partial charge is 0.369 e. The van der Waals surface area contributed by atoms with Crippen LogP contribution >= 0.6 is 23.2 Å². The number of carbonyl (C=O) groups is 1. The van der Waals surface area contributed by atoms with Crippen LogP contribution in [0.2, 0.25) is 0 Å². The number of hydrogen-bond acceptors (Lipinski definition) is 2. The molecule has 0 atom stereocenters. The Kier molecular flexibility index (Phi) is 11.0. The first-order chi connectivity index (χ1) is 12.4. The average Bonchev–Trinajstić information content (AvgIpc) is 2.58. The lowest BCUT2D eigenvalue weighted by Crippen LogP contribution is -2.37. The molecule has 0 aliphatic heterocycles. The molecule has 0 unspecified atom stereocenters. The minimum absolute atomic E-state index is 0.151. The number of anilines is 1. The van der Waals surface area contributed by atoms with Crippen LogP contribution in [0.15, 0.2) is 24.3 Å². The molecule has 148 valence electrons. The van der Waals surface area contributed by atoms with Crippen LogP contribution in [0.25, 0.3) is 0 Å². The molecule has 1 aromatic rings. The fraction of sp³-hybridized carbons (Fsp3) is 0.650. The zero-order valence-electron chi connectivity index (χ0n) is 16.4. The summed E-state index contributed by atoms with van der Waals surface area (Å²) in [4.78, 5) is 14.1. The van der Waals surface area contributed by atoms with Gasteiger partial charge in [-0.05, 0) is 30.5 Å². The molecule has 0 aliphatic carbocycles. The number of carbonyl (C=O) groups excluding carboxylic acids is 1. The summed E-state index contributed by atoms with van der Waals surface area (Å²) in [6.07, 6.45) is 3.37. The van der Waals surface area contributed by atoms with Gasteiger partial charge in [0.25, 0.3) is 0 Å². The molecule has 0 saturated heterocycles. The van der Waals surface area contributed by atoms with Crippen molar-refractivity contribution >= 4 is 34.8 Å². The highest BCUT2D eigenvalue weighted by Crippen LogP contribution is 2.16. The number of rotatable bonds is 13. The first kappa shape index (κ1) is 23.1. The van der Waals surface area contributed by atoms with Crippen LogP contribution in [-0.4, -0.2) is 69.5 Å². The zero-order chi connectivity index (χ0) is 19.4. The van der Waals surface area contributed by atoms with E-state index in [0.29, 0.717) is 18.2 Å². The summed E-state index contributed by atoms with van der Waals surface area (Å²) in [5.41, 5.74) is 2.40. The Morgan fingerprint density at radius 1 is 1.04 bits per heavy atom. The highest BCUT2D eigenvalue weighted by Gasteiger charge is 2.08. The molecule has 0 radical (unpaired) electrons. The Labute approximate surface area is 169 Å². The van der Waals surface area contributed by atoms with Crippen LogP contribution in [0.1, 0.15) is 24.8 Å². The molecule has 0 fully saturated rings. The van der Waals surface area contributed by atoms with Gasteiger partial charge < -0.3 is 14.7 Å². The molecule has 0 saturated carbocycles. The average molecular weight is 407 g/mol. The maximum atomic E-state index is 11.9. The van der Waals surface area contributed by atoms with E-state index in [-0.39, 0.29) is 5.91 Å². The second-order valence-corrected chi connectivity index (χ2v) is 8.36. The highest BCUT2D eigenvalue weighted by molar-refractivity contribution is 6.18. The number of aryl methyl sites for hydroxylation is 1. The van der Waals surface area contributed by atoms with E-state index in [4.69, 9.17) is 23.2 Å². The topological polar surface area (TPSA) is 32.3 Å². The molecule has 1 N–H and O–H groups in total. The molecule has 26 heavy (non-hydrogen) atoms. The van der Waals surface area contributed by atoms with Gasteiger partial charge in [-0.1, -0.05) is 12.1 Å². The van der Waals surface area contributed by atoms with E-state index in [2.05, 4.69) is 55.6 Å². The number of alkyl halides is 2. The van der Waals surface area contributed by atoms with E-state index >= 15 is 0 Å². The molecule has 0 bridgehead atoms. The fourth-order valence-electron chi connectivity index (χ4n) is 2.77. The third-order valence-electron chi connectivity index (χ3n) is 4.21. The third-order valence-corrected chi connectivity index (χ3v) is 4.55. The monoisotopic (exact) mass is 406 g/mol. The van der Waals surface area contributed by atoms with Gasteiger partial charge in [0.1, 0.15) is 0 Å². The zero-order valence-corrected chi connectivity index (χ0v) is 18.0. The fourth-order valence-corrected chi connectivity index (χ4v) is 3.18. The number of hydrogen-bond donors (Lipinski definition) is 1. The number of nitrogens with one attached hydrogen (secondary N) is 1. The predicted octanol–water partition coefficient (Wildman–Crippen LogP) is 3.51. The van der Waals surface area contributed by atoms with Crippen LogP contribution in [0.3, 0.4) is 0 Å². The lowest BCUT2D eigenvalue weighted by molar-refractivity contribution is -0.870. The Morgan fingerprint density at radius 2 is 1.65 bits per heavy atom. The second kappa shape index (κ2) is 12.4. The first-order valence-corrected chi connectivity index (χ1v) is 10.5. The Bertz CT molecular complexity index is 509. The maximum Gasteiger partial charge on any atom is 0.220 e. The minimum Gasteiger partial charge on any atom is -0.369 e. The first-order valence-electron chi connectivity index (χ1n) is 9.38. The lowest BCUT2D eigenvalue weighted by atomic mass is 10.1. The molecule has 1 rings (SSSR count). The standard InChI is InChI=1S/C20H33Cl2N3O/c1-25(2,3)17-5-14-23-20(26)7-4-6-18-8-10-19(11-9-18)24(15-12-21)16-13-22/h8-11H,4-7,12-17H2,1-3H3/p+1/i12+1,13+1,15+1,16+1. The summed E-state index contributed by atoms with van der Waals surface area (Å²) >= 11 is 11.7. The summed E-state index contributed by atoms with van der Waals surface area (Å²) < 4.78 is 0.930. The summed E-state index contributed by atoms with van der Waals surface area (Å²) in [6, 6.07) is 8.48. The summed E-state index contributed by atoms with van der Waals surface area (Å²) in [5.74, 6) is 1.32. The Balaban J connectivity index is 2.29. The quantitative estimate of drug-likeness (QED) is 0.235.